The summed E-state index contributed by atoms with van der Waals surface area (Å²) in [6.07, 6.45) is 0.898. The number of nitrogens with one attached hydrogen (secondary N) is 3. The van der Waals surface area contributed by atoms with E-state index in [0.717, 1.165) is 11.1 Å². The Labute approximate surface area is 188 Å². The maximum Gasteiger partial charge on any atom is 0.266 e. The van der Waals surface area contributed by atoms with Gasteiger partial charge in [0, 0.05) is 6.42 Å². The normalized spacial score (nSPS) is 13.7. The Bertz CT molecular complexity index is 874. The molecule has 0 saturated carbocycles. The Kier molecular flexibility index (Phi) is 9.84. The van der Waals surface area contributed by atoms with Gasteiger partial charge < -0.3 is 16.4 Å². The number of benzene rings is 2. The molecule has 2 aromatic carbocycles. The maximum absolute atomic E-state index is 13.0. The van der Waals surface area contributed by atoms with Crippen molar-refractivity contribution in [3.05, 3.63) is 71.8 Å². The lowest BCUT2D eigenvalue weighted by Gasteiger charge is -2.25. The zero-order chi connectivity index (χ0) is 23.5. The van der Waals surface area contributed by atoms with Gasteiger partial charge >= 0.3 is 0 Å². The smallest absolute Gasteiger partial charge is 0.266 e. The average Bonchev–Trinajstić information content (AvgIpc) is 2.78. The summed E-state index contributed by atoms with van der Waals surface area (Å²) in [4.78, 5) is 37.8. The van der Waals surface area contributed by atoms with Gasteiger partial charge in [0.1, 0.15) is 12.1 Å². The molecule has 3 atom stereocenters. The van der Waals surface area contributed by atoms with Gasteiger partial charge in [0.05, 0.1) is 6.04 Å². The molecule has 0 radical (unpaired) electrons. The summed E-state index contributed by atoms with van der Waals surface area (Å²) in [7, 11) is 0. The molecule has 0 unspecified atom stereocenters. The first-order chi connectivity index (χ1) is 15.3. The van der Waals surface area contributed by atoms with Crippen molar-refractivity contribution in [2.45, 2.75) is 51.2 Å². The summed E-state index contributed by atoms with van der Waals surface area (Å²) in [6, 6.07) is 15.8. The van der Waals surface area contributed by atoms with E-state index < -0.39 is 35.8 Å². The number of carbonyl (C=O) groups excluding carboxylic acids is 3. The first-order valence-electron chi connectivity index (χ1n) is 10.7. The van der Waals surface area contributed by atoms with E-state index in [-0.39, 0.29) is 12.3 Å². The predicted octanol–water partition coefficient (Wildman–Crippen LogP) is 1.32. The van der Waals surface area contributed by atoms with Crippen molar-refractivity contribution in [1.82, 2.24) is 16.1 Å². The summed E-state index contributed by atoms with van der Waals surface area (Å²) in [5, 5.41) is 14.5. The average molecular weight is 441 g/mol. The third kappa shape index (κ3) is 8.13. The minimum absolute atomic E-state index is 0.107. The van der Waals surface area contributed by atoms with E-state index in [9.17, 15) is 14.4 Å². The number of hydroxylamine groups is 1. The third-order valence-electron chi connectivity index (χ3n) is 5.00. The minimum atomic E-state index is -1.00. The molecular weight excluding hydrogens is 408 g/mol. The standard InChI is InChI=1S/C24H32N4O4/c1-16(2)13-20(26-22(29)19(25)14-17-9-5-3-6-10-17)23(30)27-21(24(31)28-32)15-18-11-7-4-8-12-18/h3-12,16,19-21,32H,13-15,25H2,1-2H3,(H,26,29)(H,27,30)(H,28,31)/t19-,20-,21-/m0/s1. The number of hydrogen-bond acceptors (Lipinski definition) is 5. The number of nitrogens with two attached hydrogens (primary N) is 1. The molecule has 32 heavy (non-hydrogen) atoms. The molecule has 0 heterocycles. The third-order valence-corrected chi connectivity index (χ3v) is 5.00. The van der Waals surface area contributed by atoms with E-state index in [1.807, 2.05) is 74.5 Å². The van der Waals surface area contributed by atoms with Gasteiger partial charge in [-0.05, 0) is 29.9 Å². The van der Waals surface area contributed by atoms with Gasteiger partial charge in [-0.3, -0.25) is 19.6 Å². The van der Waals surface area contributed by atoms with Crippen LogP contribution in [0.5, 0.6) is 0 Å². The van der Waals surface area contributed by atoms with Gasteiger partial charge in [-0.1, -0.05) is 74.5 Å². The molecule has 0 spiro atoms. The molecular formula is C24H32N4O4. The molecule has 2 aromatic rings. The highest BCUT2D eigenvalue weighted by molar-refractivity contribution is 5.93. The minimum Gasteiger partial charge on any atom is -0.343 e. The molecule has 6 N–H and O–H groups in total. The Morgan fingerprint density at radius 1 is 0.781 bits per heavy atom. The topological polar surface area (TPSA) is 134 Å². The Balaban J connectivity index is 2.07. The summed E-state index contributed by atoms with van der Waals surface area (Å²) >= 11 is 0. The number of rotatable bonds is 11. The zero-order valence-corrected chi connectivity index (χ0v) is 18.5. The van der Waals surface area contributed by atoms with Crippen molar-refractivity contribution in [1.29, 1.82) is 0 Å². The van der Waals surface area contributed by atoms with E-state index in [1.54, 1.807) is 5.48 Å². The quantitative estimate of drug-likeness (QED) is 0.265. The molecule has 172 valence electrons. The van der Waals surface area contributed by atoms with Crippen molar-refractivity contribution in [2.75, 3.05) is 0 Å². The molecule has 0 aliphatic rings. The van der Waals surface area contributed by atoms with Crippen LogP contribution in [0.15, 0.2) is 60.7 Å². The molecule has 0 bridgehead atoms. The first kappa shape index (κ1) is 25.0. The van der Waals surface area contributed by atoms with Gasteiger partial charge in [-0.2, -0.15) is 0 Å². The highest BCUT2D eigenvalue weighted by atomic mass is 16.5. The fourth-order valence-corrected chi connectivity index (χ4v) is 3.35. The summed E-state index contributed by atoms with van der Waals surface area (Å²) < 4.78 is 0. The molecule has 0 aromatic heterocycles. The monoisotopic (exact) mass is 440 g/mol. The van der Waals surface area contributed by atoms with E-state index in [4.69, 9.17) is 10.9 Å². The lowest BCUT2D eigenvalue weighted by Crippen LogP contribution is -2.56. The SMILES string of the molecule is CC(C)C[C@H](NC(=O)[C@@H](N)Cc1ccccc1)C(=O)N[C@@H](Cc1ccccc1)C(=O)NO. The van der Waals surface area contributed by atoms with Crippen LogP contribution in [0, 0.1) is 5.92 Å². The van der Waals surface area contributed by atoms with Gasteiger partial charge in [0.15, 0.2) is 0 Å². The van der Waals surface area contributed by atoms with E-state index in [1.165, 1.54) is 0 Å². The van der Waals surface area contributed by atoms with Crippen LogP contribution in [-0.4, -0.2) is 41.1 Å². The first-order valence-corrected chi connectivity index (χ1v) is 10.7. The van der Waals surface area contributed by atoms with Crippen molar-refractivity contribution in [2.24, 2.45) is 11.7 Å². The fraction of sp³-hybridized carbons (Fsp3) is 0.375. The highest BCUT2D eigenvalue weighted by Crippen LogP contribution is 2.09. The molecule has 0 aliphatic heterocycles. The van der Waals surface area contributed by atoms with Crippen molar-refractivity contribution >= 4 is 17.7 Å². The molecule has 8 heteroatoms. The van der Waals surface area contributed by atoms with Gasteiger partial charge in [0.2, 0.25) is 11.8 Å². The van der Waals surface area contributed by atoms with Crippen molar-refractivity contribution < 1.29 is 19.6 Å². The Morgan fingerprint density at radius 2 is 1.28 bits per heavy atom. The van der Waals surface area contributed by atoms with Crippen molar-refractivity contribution in [3.8, 4) is 0 Å². The van der Waals surface area contributed by atoms with Crippen LogP contribution in [0.1, 0.15) is 31.4 Å². The van der Waals surface area contributed by atoms with Crippen LogP contribution in [0.2, 0.25) is 0 Å². The van der Waals surface area contributed by atoms with E-state index in [0.29, 0.717) is 12.8 Å². The predicted molar refractivity (Wildman–Crippen MR) is 122 cm³/mol. The second-order valence-corrected chi connectivity index (χ2v) is 8.21. The number of amides is 3. The number of hydrogen-bond donors (Lipinski definition) is 5. The summed E-state index contributed by atoms with van der Waals surface area (Å²) in [6.45, 7) is 3.86. The zero-order valence-electron chi connectivity index (χ0n) is 18.5. The molecule has 0 aliphatic carbocycles. The van der Waals surface area contributed by atoms with Crippen LogP contribution < -0.4 is 21.8 Å². The van der Waals surface area contributed by atoms with E-state index >= 15 is 0 Å². The number of carbonyl (C=O) groups is 3. The maximum atomic E-state index is 13.0. The molecule has 8 nitrogen and oxygen atoms in total. The van der Waals surface area contributed by atoms with Crippen LogP contribution in [0.25, 0.3) is 0 Å². The molecule has 2 rings (SSSR count). The second-order valence-electron chi connectivity index (χ2n) is 8.21. The summed E-state index contributed by atoms with van der Waals surface area (Å²) in [5.74, 6) is -1.59. The van der Waals surface area contributed by atoms with Crippen LogP contribution in [0.4, 0.5) is 0 Å². The Hall–Kier alpha value is -3.23. The van der Waals surface area contributed by atoms with Crippen LogP contribution >= 0.6 is 0 Å². The molecule has 0 saturated heterocycles. The highest BCUT2D eigenvalue weighted by Gasteiger charge is 2.28. The molecule has 0 fully saturated rings. The fourth-order valence-electron chi connectivity index (χ4n) is 3.35. The lowest BCUT2D eigenvalue weighted by atomic mass is 10.00. The van der Waals surface area contributed by atoms with E-state index in [2.05, 4.69) is 10.6 Å². The van der Waals surface area contributed by atoms with Crippen molar-refractivity contribution in [3.63, 3.8) is 0 Å². The van der Waals surface area contributed by atoms with Crippen LogP contribution in [0.3, 0.4) is 0 Å². The largest absolute Gasteiger partial charge is 0.343 e. The van der Waals surface area contributed by atoms with Gasteiger partial charge in [-0.25, -0.2) is 5.48 Å². The second kappa shape index (κ2) is 12.6. The van der Waals surface area contributed by atoms with Gasteiger partial charge in [0.25, 0.3) is 5.91 Å². The lowest BCUT2D eigenvalue weighted by molar-refractivity contribution is -0.136. The van der Waals surface area contributed by atoms with Gasteiger partial charge in [-0.15, -0.1) is 0 Å². The summed E-state index contributed by atoms with van der Waals surface area (Å²) in [5.41, 5.74) is 9.39. The van der Waals surface area contributed by atoms with Crippen LogP contribution in [-0.2, 0) is 27.2 Å². The molecule has 3 amide bonds. The Morgan fingerprint density at radius 3 is 1.78 bits per heavy atom.